The lowest BCUT2D eigenvalue weighted by Gasteiger charge is -2.17. The van der Waals surface area contributed by atoms with Gasteiger partial charge in [-0.1, -0.05) is 44.2 Å². The van der Waals surface area contributed by atoms with Crippen LogP contribution in [0, 0.1) is 0 Å². The molecule has 0 radical (unpaired) electrons. The summed E-state index contributed by atoms with van der Waals surface area (Å²) in [6, 6.07) is 16.5. The number of benzene rings is 2. The van der Waals surface area contributed by atoms with Crippen molar-refractivity contribution < 1.29 is 4.74 Å². The Kier molecular flexibility index (Phi) is 9.96. The van der Waals surface area contributed by atoms with Gasteiger partial charge in [-0.3, -0.25) is 0 Å². The second kappa shape index (κ2) is 12.2. The fourth-order valence-corrected chi connectivity index (χ4v) is 5.21. The number of hydrogen-bond acceptors (Lipinski definition) is 5. The second-order valence-electron chi connectivity index (χ2n) is 6.28. The van der Waals surface area contributed by atoms with E-state index in [0.717, 1.165) is 16.7 Å². The molecule has 1 heterocycles. The summed E-state index contributed by atoms with van der Waals surface area (Å²) in [7, 11) is 0. The Balaban J connectivity index is 0.00000280. The van der Waals surface area contributed by atoms with Crippen molar-refractivity contribution in [3.05, 3.63) is 66.1 Å². The van der Waals surface area contributed by atoms with E-state index >= 15 is 0 Å². The Bertz CT molecular complexity index is 855. The minimum absolute atomic E-state index is 0. The Morgan fingerprint density at radius 2 is 1.71 bits per heavy atom. The van der Waals surface area contributed by atoms with Crippen LogP contribution in [0.1, 0.15) is 42.7 Å². The molecule has 6 heteroatoms. The summed E-state index contributed by atoms with van der Waals surface area (Å²) >= 11 is 4.04. The van der Waals surface area contributed by atoms with Crippen LogP contribution in [0.2, 0.25) is 0 Å². The molecule has 0 saturated heterocycles. The molecule has 0 amide bonds. The standard InChI is InChI=1S/C22H26N2OS2.ClH/c1-3-12-26-22(27-13-4-2)17-9-7-10-19(14-17)25-16-21-23-15-18-8-5-6-11-20(18)24-21;/h5-11,14-15,22H,3-4,12-13,16H2,1-2H3;1H. The molecule has 0 aliphatic rings. The van der Waals surface area contributed by atoms with E-state index in [4.69, 9.17) is 4.74 Å². The van der Waals surface area contributed by atoms with Gasteiger partial charge in [0.05, 0.1) is 10.1 Å². The average Bonchev–Trinajstić information content (AvgIpc) is 2.72. The number of fused-ring (bicyclic) bond motifs is 1. The molecular formula is C22H27ClN2OS2. The SMILES string of the molecule is CCCSC(SCCC)c1cccc(OCc2ncc3ccccc3n2)c1.Cl. The highest BCUT2D eigenvalue weighted by Gasteiger charge is 2.13. The number of aromatic nitrogens is 2. The quantitative estimate of drug-likeness (QED) is 0.323. The fraction of sp³-hybridized carbons (Fsp3) is 0.364. The number of nitrogens with zero attached hydrogens (tertiary/aromatic N) is 2. The van der Waals surface area contributed by atoms with Crippen LogP contribution < -0.4 is 4.74 Å². The van der Waals surface area contributed by atoms with Crippen molar-refractivity contribution in [1.82, 2.24) is 9.97 Å². The molecule has 0 aliphatic heterocycles. The maximum atomic E-state index is 6.00. The van der Waals surface area contributed by atoms with Crippen LogP contribution in [0.4, 0.5) is 0 Å². The molecule has 0 fully saturated rings. The molecule has 3 aromatic rings. The molecule has 0 bridgehead atoms. The number of para-hydroxylation sites is 1. The van der Waals surface area contributed by atoms with E-state index in [-0.39, 0.29) is 12.4 Å². The summed E-state index contributed by atoms with van der Waals surface area (Å²) < 4.78 is 6.46. The topological polar surface area (TPSA) is 35.0 Å². The summed E-state index contributed by atoms with van der Waals surface area (Å²) in [6.45, 7) is 4.85. The Morgan fingerprint density at radius 1 is 0.964 bits per heavy atom. The first-order chi connectivity index (χ1) is 13.3. The number of rotatable bonds is 10. The summed E-state index contributed by atoms with van der Waals surface area (Å²) in [5.41, 5.74) is 2.27. The van der Waals surface area contributed by atoms with Crippen molar-refractivity contribution in [2.45, 2.75) is 37.9 Å². The zero-order chi connectivity index (χ0) is 18.9. The van der Waals surface area contributed by atoms with Gasteiger partial charge in [-0.15, -0.1) is 35.9 Å². The van der Waals surface area contributed by atoms with Gasteiger partial charge in [-0.25, -0.2) is 9.97 Å². The lowest BCUT2D eigenvalue weighted by atomic mass is 10.2. The van der Waals surface area contributed by atoms with E-state index in [1.54, 1.807) is 0 Å². The predicted octanol–water partition coefficient (Wildman–Crippen LogP) is 6.92. The molecule has 0 N–H and O–H groups in total. The normalized spacial score (nSPS) is 10.8. The first-order valence-electron chi connectivity index (χ1n) is 9.46. The van der Waals surface area contributed by atoms with Crippen LogP contribution in [0.3, 0.4) is 0 Å². The maximum Gasteiger partial charge on any atom is 0.166 e. The van der Waals surface area contributed by atoms with Crippen molar-refractivity contribution in [1.29, 1.82) is 0 Å². The van der Waals surface area contributed by atoms with Crippen molar-refractivity contribution in [2.75, 3.05) is 11.5 Å². The summed E-state index contributed by atoms with van der Waals surface area (Å²) in [5, 5.41) is 1.05. The largest absolute Gasteiger partial charge is 0.486 e. The van der Waals surface area contributed by atoms with Crippen molar-refractivity contribution >= 4 is 46.8 Å². The first-order valence-corrected chi connectivity index (χ1v) is 11.6. The van der Waals surface area contributed by atoms with Gasteiger partial charge < -0.3 is 4.74 Å². The highest BCUT2D eigenvalue weighted by molar-refractivity contribution is 8.16. The summed E-state index contributed by atoms with van der Waals surface area (Å²) in [4.78, 5) is 9.00. The smallest absolute Gasteiger partial charge is 0.166 e. The molecule has 3 nitrogen and oxygen atoms in total. The number of hydrogen-bond donors (Lipinski definition) is 0. The minimum Gasteiger partial charge on any atom is -0.486 e. The summed E-state index contributed by atoms with van der Waals surface area (Å²) in [6.07, 6.45) is 4.25. The lowest BCUT2D eigenvalue weighted by Crippen LogP contribution is -2.02. The predicted molar refractivity (Wildman–Crippen MR) is 126 cm³/mol. The molecular weight excluding hydrogens is 408 g/mol. The average molecular weight is 435 g/mol. The third kappa shape index (κ3) is 6.57. The number of thioether (sulfide) groups is 2. The fourth-order valence-electron chi connectivity index (χ4n) is 2.67. The second-order valence-corrected chi connectivity index (χ2v) is 9.00. The van der Waals surface area contributed by atoms with Crippen LogP contribution >= 0.6 is 35.9 Å². The monoisotopic (exact) mass is 434 g/mol. The highest BCUT2D eigenvalue weighted by Crippen LogP contribution is 2.41. The van der Waals surface area contributed by atoms with Gasteiger partial charge in [0.1, 0.15) is 12.4 Å². The van der Waals surface area contributed by atoms with Gasteiger partial charge in [0.2, 0.25) is 0 Å². The van der Waals surface area contributed by atoms with Crippen molar-refractivity contribution in [2.24, 2.45) is 0 Å². The van der Waals surface area contributed by atoms with E-state index in [1.807, 2.05) is 60.1 Å². The van der Waals surface area contributed by atoms with Crippen molar-refractivity contribution in [3.8, 4) is 5.75 Å². The molecule has 150 valence electrons. The van der Waals surface area contributed by atoms with E-state index in [9.17, 15) is 0 Å². The van der Waals surface area contributed by atoms with Crippen LogP contribution in [0.5, 0.6) is 5.75 Å². The van der Waals surface area contributed by atoms with Gasteiger partial charge in [-0.2, -0.15) is 0 Å². The maximum absolute atomic E-state index is 6.00. The van der Waals surface area contributed by atoms with Gasteiger partial charge in [0.15, 0.2) is 5.82 Å². The number of ether oxygens (including phenoxy) is 1. The van der Waals surface area contributed by atoms with Crippen LogP contribution in [0.15, 0.2) is 54.7 Å². The molecule has 0 atom stereocenters. The molecule has 2 aromatic carbocycles. The molecule has 1 aromatic heterocycles. The number of halogens is 1. The van der Waals surface area contributed by atoms with E-state index in [0.29, 0.717) is 17.0 Å². The molecule has 28 heavy (non-hydrogen) atoms. The zero-order valence-corrected chi connectivity index (χ0v) is 18.8. The minimum atomic E-state index is 0. The molecule has 0 aliphatic carbocycles. The van der Waals surface area contributed by atoms with E-state index in [2.05, 4.69) is 42.0 Å². The third-order valence-corrected chi connectivity index (χ3v) is 7.24. The summed E-state index contributed by atoms with van der Waals surface area (Å²) in [5.74, 6) is 3.94. The van der Waals surface area contributed by atoms with Gasteiger partial charge in [-0.05, 0) is 48.1 Å². The zero-order valence-electron chi connectivity index (χ0n) is 16.3. The van der Waals surface area contributed by atoms with E-state index < -0.39 is 0 Å². The third-order valence-electron chi connectivity index (χ3n) is 3.98. The van der Waals surface area contributed by atoms with Gasteiger partial charge >= 0.3 is 0 Å². The molecule has 3 rings (SSSR count). The molecule has 0 saturated carbocycles. The Labute approximate surface area is 182 Å². The van der Waals surface area contributed by atoms with Gasteiger partial charge in [0, 0.05) is 11.6 Å². The van der Waals surface area contributed by atoms with Gasteiger partial charge in [0.25, 0.3) is 0 Å². The lowest BCUT2D eigenvalue weighted by molar-refractivity contribution is 0.296. The molecule has 0 spiro atoms. The van der Waals surface area contributed by atoms with Crippen LogP contribution in [0.25, 0.3) is 10.9 Å². The first kappa shape index (κ1) is 22.9. The van der Waals surface area contributed by atoms with Crippen LogP contribution in [-0.4, -0.2) is 21.5 Å². The molecule has 0 unspecified atom stereocenters. The van der Waals surface area contributed by atoms with E-state index in [1.165, 1.54) is 29.9 Å². The van der Waals surface area contributed by atoms with Crippen molar-refractivity contribution in [3.63, 3.8) is 0 Å². The Hall–Kier alpha value is -1.43. The Morgan fingerprint density at radius 3 is 2.46 bits per heavy atom. The van der Waals surface area contributed by atoms with Crippen LogP contribution in [-0.2, 0) is 6.61 Å². The highest BCUT2D eigenvalue weighted by atomic mass is 35.5.